The Kier molecular flexibility index (Phi) is 17.7. The predicted molar refractivity (Wildman–Crippen MR) is 188 cm³/mol. The molecule has 4 saturated heterocycles. The van der Waals surface area contributed by atoms with Gasteiger partial charge < -0.3 is 105 Å². The van der Waals surface area contributed by atoms with Crippen LogP contribution in [0.2, 0.25) is 0 Å². The van der Waals surface area contributed by atoms with E-state index in [-0.39, 0.29) is 0 Å². The quantitative estimate of drug-likeness (QED) is 0.0603. The number of aliphatic hydroxyl groups excluding tert-OH is 10. The van der Waals surface area contributed by atoms with Gasteiger partial charge in [0, 0.05) is 27.4 Å². The maximum atomic E-state index is 13.0. The van der Waals surface area contributed by atoms with Crippen molar-refractivity contribution in [2.24, 2.45) is 0 Å². The number of hydrogen-bond acceptors (Lipinski definition) is 24. The fraction of sp³-hybridized carbons (Fsp3) is 0.906. The van der Waals surface area contributed by atoms with Crippen molar-refractivity contribution in [2.45, 2.75) is 155 Å². The number of carbonyl (C=O) groups is 3. The Balaban J connectivity index is 1.78. The van der Waals surface area contributed by atoms with Gasteiger partial charge in [0.2, 0.25) is 11.8 Å². The first-order valence-corrected chi connectivity index (χ1v) is 20.0. The highest BCUT2D eigenvalue weighted by Crippen LogP contribution is 2.39. The van der Waals surface area contributed by atoms with Crippen LogP contribution >= 0.6 is 0 Å². The van der Waals surface area contributed by atoms with Gasteiger partial charge in [0.25, 0.3) is 5.79 Å². The van der Waals surface area contributed by atoms with Crippen molar-refractivity contribution in [3.05, 3.63) is 0 Å². The van der Waals surface area contributed by atoms with Crippen LogP contribution in [0, 0.1) is 0 Å². The van der Waals surface area contributed by atoms with Crippen molar-refractivity contribution in [3.8, 4) is 0 Å². The summed E-state index contributed by atoms with van der Waals surface area (Å²) in [5, 5.41) is 122. The lowest BCUT2D eigenvalue weighted by Crippen LogP contribution is -2.71. The Labute approximate surface area is 346 Å². The van der Waals surface area contributed by atoms with Crippen LogP contribution in [-0.4, -0.2) is 242 Å². The van der Waals surface area contributed by atoms with E-state index in [1.54, 1.807) is 0 Å². The Morgan fingerprint density at radius 3 is 1.90 bits per heavy atom. The van der Waals surface area contributed by atoms with Gasteiger partial charge in [-0.3, -0.25) is 14.1 Å². The minimum Gasteiger partial charge on any atom is -0.477 e. The summed E-state index contributed by atoms with van der Waals surface area (Å²) in [6.07, 6.45) is -36.4. The lowest BCUT2D eigenvalue weighted by Gasteiger charge is -2.51. The third kappa shape index (κ3) is 11.8. The van der Waals surface area contributed by atoms with Crippen LogP contribution in [-0.2, 0) is 66.9 Å². The van der Waals surface area contributed by atoms with Crippen LogP contribution in [0.3, 0.4) is 0 Å². The Morgan fingerprint density at radius 1 is 0.787 bits per heavy atom. The molecule has 2 amide bonds. The summed E-state index contributed by atoms with van der Waals surface area (Å²) < 4.78 is 83.0. The van der Waals surface area contributed by atoms with Gasteiger partial charge in [-0.15, -0.1) is 0 Å². The maximum Gasteiger partial charge on any atom is 0.397 e. The zero-order chi connectivity index (χ0) is 45.9. The van der Waals surface area contributed by atoms with Crippen molar-refractivity contribution in [1.82, 2.24) is 10.6 Å². The molecular formula is C32H54N2O26S. The van der Waals surface area contributed by atoms with E-state index in [0.29, 0.717) is 0 Å². The minimum atomic E-state index is -5.25. The van der Waals surface area contributed by atoms with Gasteiger partial charge in [0.15, 0.2) is 18.9 Å². The molecule has 61 heavy (non-hydrogen) atoms. The SMILES string of the molecule is COC1O[C@H](COS(=O)(=O)O)[C@@H](O[C@@H]2O[C@H](CO)[C@H](O)[C@H](O[C@]3(C(=O)O)C[C@H](O)C(NC(C)=O)[C@H]([C@H](O)[C@@H](O)CO)O3)[C@H]2O)[C@H](O[C@@H]2O[C@@H](C)[C@@H](O)[C@@H](O)[C@@H]2O)[C@H]1NC(C)=O. The second-order valence-electron chi connectivity index (χ2n) is 14.8. The summed E-state index contributed by atoms with van der Waals surface area (Å²) in [6, 6.07) is -3.20. The fourth-order valence-electron chi connectivity index (χ4n) is 7.32. The summed E-state index contributed by atoms with van der Waals surface area (Å²) in [7, 11) is -4.18. The first kappa shape index (κ1) is 51.2. The van der Waals surface area contributed by atoms with Gasteiger partial charge in [-0.2, -0.15) is 8.42 Å². The molecular weight excluding hydrogens is 860 g/mol. The second kappa shape index (κ2) is 21.0. The monoisotopic (exact) mass is 914 g/mol. The molecule has 0 radical (unpaired) electrons. The molecule has 4 heterocycles. The molecule has 14 N–H and O–H groups in total. The molecule has 2 unspecified atom stereocenters. The number of amides is 2. The van der Waals surface area contributed by atoms with Crippen molar-refractivity contribution < 1.29 is 126 Å². The molecule has 4 rings (SSSR count). The van der Waals surface area contributed by atoms with Gasteiger partial charge in [0.1, 0.15) is 85.4 Å². The number of carbonyl (C=O) groups excluding carboxylic acids is 2. The maximum absolute atomic E-state index is 13.0. The van der Waals surface area contributed by atoms with Gasteiger partial charge in [0.05, 0.1) is 38.1 Å². The first-order chi connectivity index (χ1) is 28.4. The summed E-state index contributed by atoms with van der Waals surface area (Å²) in [4.78, 5) is 37.4. The Hall–Kier alpha value is -2.44. The lowest BCUT2D eigenvalue weighted by molar-refractivity contribution is -0.390. The van der Waals surface area contributed by atoms with Crippen LogP contribution < -0.4 is 10.6 Å². The molecule has 0 bridgehead atoms. The van der Waals surface area contributed by atoms with E-state index in [1.165, 1.54) is 6.92 Å². The number of nitrogens with one attached hydrogen (secondary N) is 2. The number of aliphatic carboxylic acids is 1. The van der Waals surface area contributed by atoms with E-state index in [4.69, 9.17) is 37.9 Å². The van der Waals surface area contributed by atoms with Crippen molar-refractivity contribution >= 4 is 28.2 Å². The molecule has 4 fully saturated rings. The predicted octanol–water partition coefficient (Wildman–Crippen LogP) is -8.75. The van der Waals surface area contributed by atoms with Gasteiger partial charge in [-0.25, -0.2) is 8.98 Å². The first-order valence-electron chi connectivity index (χ1n) is 18.6. The van der Waals surface area contributed by atoms with Crippen LogP contribution in [0.25, 0.3) is 0 Å². The average Bonchev–Trinajstić information content (AvgIpc) is 3.18. The normalized spacial score (nSPS) is 43.2. The molecule has 4 aliphatic rings. The average molecular weight is 915 g/mol. The number of hydrogen-bond donors (Lipinski definition) is 14. The smallest absolute Gasteiger partial charge is 0.397 e. The number of aliphatic hydroxyl groups is 10. The van der Waals surface area contributed by atoms with Gasteiger partial charge >= 0.3 is 16.4 Å². The number of methoxy groups -OCH3 is 1. The molecule has 21 atom stereocenters. The Bertz CT molecular complexity index is 1600. The van der Waals surface area contributed by atoms with Gasteiger partial charge in [-0.05, 0) is 6.92 Å². The highest BCUT2D eigenvalue weighted by atomic mass is 32.3. The molecule has 0 aromatic rings. The zero-order valence-corrected chi connectivity index (χ0v) is 33.7. The third-order valence-corrected chi connectivity index (χ3v) is 10.8. The van der Waals surface area contributed by atoms with E-state index >= 15 is 0 Å². The number of ether oxygens (including phenoxy) is 8. The Morgan fingerprint density at radius 2 is 1.36 bits per heavy atom. The molecule has 28 nitrogen and oxygen atoms in total. The standard InChI is InChI=1S/C32H54N2O26S/c1-9-18(41)21(44)22(45)29(54-9)58-26-17(34-11(3)38)28(52-4)56-15(8-53-61(49,50)51)24(26)57-30-23(46)27(20(43)14(7-36)55-30)60-32(31(47)48)5-12(39)16(33-10(2)37)25(59-32)19(42)13(40)6-35/h9,12-30,35-36,39-46H,5-8H2,1-4H3,(H,33,37)(H,34,38)(H,47,48)(H,49,50,51)/t9-,12-,13-,14+,15+,16?,17+,18+,19+,20-,21+,22-,23+,24+,25+,26+,27-,28?,29-,30-,32-/m0/s1. The van der Waals surface area contributed by atoms with E-state index in [9.17, 15) is 83.5 Å². The molecule has 0 aromatic heterocycles. The van der Waals surface area contributed by atoms with Crippen molar-refractivity contribution in [1.29, 1.82) is 0 Å². The number of carboxylic acids is 1. The largest absolute Gasteiger partial charge is 0.477 e. The zero-order valence-electron chi connectivity index (χ0n) is 32.9. The van der Waals surface area contributed by atoms with Crippen molar-refractivity contribution in [2.75, 3.05) is 26.9 Å². The third-order valence-electron chi connectivity index (χ3n) is 10.4. The second-order valence-corrected chi connectivity index (χ2v) is 15.9. The van der Waals surface area contributed by atoms with Gasteiger partial charge in [-0.1, -0.05) is 0 Å². The highest BCUT2D eigenvalue weighted by molar-refractivity contribution is 7.80. The van der Waals surface area contributed by atoms with Crippen LogP contribution in [0.1, 0.15) is 27.2 Å². The van der Waals surface area contributed by atoms with E-state index in [1.807, 2.05) is 0 Å². The molecule has 29 heteroatoms. The summed E-state index contributed by atoms with van der Waals surface area (Å²) in [5.74, 6) is -6.85. The lowest BCUT2D eigenvalue weighted by atomic mass is 9.88. The van der Waals surface area contributed by atoms with Crippen molar-refractivity contribution in [3.63, 3.8) is 0 Å². The number of rotatable bonds is 17. The molecule has 0 aliphatic carbocycles. The molecule has 0 saturated carbocycles. The topological polar surface area (TPSA) is 435 Å². The van der Waals surface area contributed by atoms with E-state index in [0.717, 1.165) is 21.0 Å². The van der Waals surface area contributed by atoms with Crippen LogP contribution in [0.5, 0.6) is 0 Å². The molecule has 4 aliphatic heterocycles. The molecule has 0 spiro atoms. The van der Waals surface area contributed by atoms with Crippen LogP contribution in [0.4, 0.5) is 0 Å². The summed E-state index contributed by atoms with van der Waals surface area (Å²) in [6.45, 7) is -0.0711. The summed E-state index contributed by atoms with van der Waals surface area (Å²) >= 11 is 0. The number of carboxylic acid groups (broad SMARTS) is 1. The minimum absolute atomic E-state index is 0.778. The molecule has 0 aromatic carbocycles. The summed E-state index contributed by atoms with van der Waals surface area (Å²) in [5.41, 5.74) is 0. The van der Waals surface area contributed by atoms with E-state index < -0.39 is 183 Å². The molecule has 354 valence electrons. The highest BCUT2D eigenvalue weighted by Gasteiger charge is 2.61. The van der Waals surface area contributed by atoms with E-state index in [2.05, 4.69) is 14.8 Å². The van der Waals surface area contributed by atoms with Crippen LogP contribution in [0.15, 0.2) is 0 Å². The fourth-order valence-corrected chi connectivity index (χ4v) is 7.62.